The number of nitrogens with zero attached hydrogens (tertiary/aromatic N) is 6. The quantitative estimate of drug-likeness (QED) is 0.887. The van der Waals surface area contributed by atoms with Crippen LogP contribution in [0.15, 0.2) is 12.7 Å². The summed E-state index contributed by atoms with van der Waals surface area (Å²) in [4.78, 5) is 35.6. The molecule has 2 aliphatic heterocycles. The molecule has 0 bridgehead atoms. The minimum absolute atomic E-state index is 0.149. The van der Waals surface area contributed by atoms with Crippen molar-refractivity contribution in [1.29, 1.82) is 0 Å². The molecule has 1 amide bonds. The minimum atomic E-state index is 0.149. The van der Waals surface area contributed by atoms with Crippen molar-refractivity contribution in [3.63, 3.8) is 0 Å². The van der Waals surface area contributed by atoms with Gasteiger partial charge in [-0.3, -0.25) is 4.79 Å². The maximum Gasteiger partial charge on any atom is 0.227 e. The number of amides is 1. The van der Waals surface area contributed by atoms with E-state index in [0.717, 1.165) is 63.4 Å². The lowest BCUT2D eigenvalue weighted by molar-refractivity contribution is -0.137. The fraction of sp³-hybridized carbons (Fsp3) is 0.667. The topological polar surface area (TPSA) is 81.2 Å². The second-order valence-corrected chi connectivity index (χ2v) is 7.54. The van der Waals surface area contributed by atoms with Crippen molar-refractivity contribution in [3.05, 3.63) is 12.7 Å². The molecule has 4 heterocycles. The van der Waals surface area contributed by atoms with Crippen LogP contribution in [0.25, 0.3) is 11.2 Å². The molecule has 1 N–H and O–H groups in total. The van der Waals surface area contributed by atoms with E-state index in [0.29, 0.717) is 17.6 Å². The van der Waals surface area contributed by atoms with Crippen LogP contribution in [-0.4, -0.2) is 81.0 Å². The number of likely N-dealkylation sites (tertiary alicyclic amines) is 1. The van der Waals surface area contributed by atoms with Gasteiger partial charge in [-0.2, -0.15) is 0 Å². The van der Waals surface area contributed by atoms with E-state index in [9.17, 15) is 4.79 Å². The van der Waals surface area contributed by atoms with Crippen LogP contribution in [0.4, 0.5) is 5.82 Å². The first-order valence-corrected chi connectivity index (χ1v) is 9.55. The molecule has 2 aromatic rings. The van der Waals surface area contributed by atoms with E-state index < -0.39 is 0 Å². The van der Waals surface area contributed by atoms with Gasteiger partial charge >= 0.3 is 0 Å². The van der Waals surface area contributed by atoms with E-state index in [2.05, 4.69) is 43.6 Å². The van der Waals surface area contributed by atoms with Crippen LogP contribution in [0.5, 0.6) is 0 Å². The zero-order valence-electron chi connectivity index (χ0n) is 15.6. The van der Waals surface area contributed by atoms with Gasteiger partial charge in [0.2, 0.25) is 5.91 Å². The lowest BCUT2D eigenvalue weighted by atomic mass is 9.95. The minimum Gasteiger partial charge on any atom is -0.351 e. The Morgan fingerprint density at radius 1 is 1.15 bits per heavy atom. The molecule has 0 radical (unpaired) electrons. The number of hydrogen-bond acceptors (Lipinski definition) is 6. The maximum atomic E-state index is 13.0. The number of H-pyrrole nitrogens is 1. The lowest BCUT2D eigenvalue weighted by Crippen LogP contribution is -2.53. The number of nitrogens with one attached hydrogen (secondary N) is 1. The summed E-state index contributed by atoms with van der Waals surface area (Å²) in [7, 11) is 0. The number of hydrogen-bond donors (Lipinski definition) is 1. The summed E-state index contributed by atoms with van der Waals surface area (Å²) in [6.45, 7) is 9.51. The molecule has 0 unspecified atom stereocenters. The molecule has 2 saturated heterocycles. The monoisotopic (exact) mass is 357 g/mol. The van der Waals surface area contributed by atoms with Gasteiger partial charge in [0.15, 0.2) is 11.5 Å². The number of carbonyl (C=O) groups excluding carboxylic acids is 1. The summed E-state index contributed by atoms with van der Waals surface area (Å²) in [5, 5.41) is 0. The number of aromatic nitrogens is 4. The Hall–Kier alpha value is -2.22. The number of rotatable bonds is 3. The van der Waals surface area contributed by atoms with E-state index >= 15 is 0 Å². The third-order valence-corrected chi connectivity index (χ3v) is 5.63. The van der Waals surface area contributed by atoms with Crippen molar-refractivity contribution in [2.45, 2.75) is 32.7 Å². The number of carbonyl (C=O) groups is 1. The summed E-state index contributed by atoms with van der Waals surface area (Å²) in [6, 6.07) is 0.511. The first-order valence-electron chi connectivity index (χ1n) is 9.55. The molecule has 140 valence electrons. The van der Waals surface area contributed by atoms with Crippen LogP contribution in [-0.2, 0) is 4.79 Å². The fourth-order valence-corrected chi connectivity index (χ4v) is 4.07. The van der Waals surface area contributed by atoms with Gasteiger partial charge in [0.1, 0.15) is 11.8 Å². The molecule has 4 rings (SSSR count). The highest BCUT2D eigenvalue weighted by atomic mass is 16.2. The first-order chi connectivity index (χ1) is 12.6. The summed E-state index contributed by atoms with van der Waals surface area (Å²) < 4.78 is 0. The van der Waals surface area contributed by atoms with Gasteiger partial charge in [-0.25, -0.2) is 15.0 Å². The Bertz CT molecular complexity index is 766. The average molecular weight is 357 g/mol. The van der Waals surface area contributed by atoms with E-state index in [-0.39, 0.29) is 5.92 Å². The maximum absolute atomic E-state index is 13.0. The Labute approximate surface area is 153 Å². The second-order valence-electron chi connectivity index (χ2n) is 7.54. The van der Waals surface area contributed by atoms with Gasteiger partial charge in [-0.1, -0.05) is 0 Å². The molecule has 26 heavy (non-hydrogen) atoms. The molecule has 0 spiro atoms. The SMILES string of the molecule is CC(C)N1CCC[C@@H](C(=O)N2CCN(c3ncnc4nc[nH]c34)CC2)C1. The molecule has 8 nitrogen and oxygen atoms in total. The number of aromatic amines is 1. The van der Waals surface area contributed by atoms with E-state index in [4.69, 9.17) is 0 Å². The zero-order valence-corrected chi connectivity index (χ0v) is 15.6. The Morgan fingerprint density at radius 3 is 2.73 bits per heavy atom. The Balaban J connectivity index is 1.39. The molecular weight excluding hydrogens is 330 g/mol. The van der Waals surface area contributed by atoms with Crippen molar-refractivity contribution in [2.24, 2.45) is 5.92 Å². The van der Waals surface area contributed by atoms with Crippen molar-refractivity contribution < 1.29 is 4.79 Å². The molecule has 2 aliphatic rings. The number of fused-ring (bicyclic) bond motifs is 1. The van der Waals surface area contributed by atoms with Crippen molar-refractivity contribution >= 4 is 22.9 Å². The van der Waals surface area contributed by atoms with Gasteiger partial charge in [-0.05, 0) is 33.2 Å². The third-order valence-electron chi connectivity index (χ3n) is 5.63. The summed E-state index contributed by atoms with van der Waals surface area (Å²) in [5.41, 5.74) is 1.55. The molecule has 8 heteroatoms. The predicted octanol–water partition coefficient (Wildman–Crippen LogP) is 1.12. The highest BCUT2D eigenvalue weighted by molar-refractivity contribution is 5.83. The zero-order chi connectivity index (χ0) is 18.1. The molecule has 0 aliphatic carbocycles. The molecule has 2 aromatic heterocycles. The Morgan fingerprint density at radius 2 is 1.96 bits per heavy atom. The summed E-state index contributed by atoms with van der Waals surface area (Å²) >= 11 is 0. The van der Waals surface area contributed by atoms with E-state index in [1.807, 2.05) is 4.90 Å². The standard InChI is InChI=1S/C18H27N7O/c1-13(2)25-5-3-4-14(10-25)18(26)24-8-6-23(7-9-24)17-15-16(20-11-19-15)21-12-22-17/h11-14H,3-10H2,1-2H3,(H,19,20,21,22)/t14-/m1/s1. The smallest absolute Gasteiger partial charge is 0.227 e. The van der Waals surface area contributed by atoms with Crippen molar-refractivity contribution in [2.75, 3.05) is 44.2 Å². The molecule has 2 fully saturated rings. The number of anilines is 1. The highest BCUT2D eigenvalue weighted by Crippen LogP contribution is 2.24. The van der Waals surface area contributed by atoms with Crippen LogP contribution < -0.4 is 4.90 Å². The molecule has 1 atom stereocenters. The normalized spacial score (nSPS) is 22.3. The number of piperidine rings is 1. The summed E-state index contributed by atoms with van der Waals surface area (Å²) in [5.74, 6) is 1.35. The van der Waals surface area contributed by atoms with Crippen LogP contribution in [0.3, 0.4) is 0 Å². The number of piperazine rings is 1. The van der Waals surface area contributed by atoms with Gasteiger partial charge in [0.05, 0.1) is 12.2 Å². The van der Waals surface area contributed by atoms with Crippen LogP contribution in [0.2, 0.25) is 0 Å². The highest BCUT2D eigenvalue weighted by Gasteiger charge is 2.32. The van der Waals surface area contributed by atoms with Crippen LogP contribution in [0.1, 0.15) is 26.7 Å². The van der Waals surface area contributed by atoms with Crippen LogP contribution >= 0.6 is 0 Å². The van der Waals surface area contributed by atoms with E-state index in [1.165, 1.54) is 0 Å². The molecular formula is C18H27N7O. The second kappa shape index (κ2) is 7.19. The van der Waals surface area contributed by atoms with Gasteiger partial charge in [0, 0.05) is 38.8 Å². The first kappa shape index (κ1) is 17.2. The van der Waals surface area contributed by atoms with Crippen LogP contribution in [0, 0.1) is 5.92 Å². The molecule has 0 aromatic carbocycles. The fourth-order valence-electron chi connectivity index (χ4n) is 4.07. The van der Waals surface area contributed by atoms with E-state index in [1.54, 1.807) is 12.7 Å². The lowest BCUT2D eigenvalue weighted by Gasteiger charge is -2.40. The van der Waals surface area contributed by atoms with Crippen molar-refractivity contribution in [1.82, 2.24) is 29.7 Å². The Kier molecular flexibility index (Phi) is 4.76. The van der Waals surface area contributed by atoms with Gasteiger partial charge in [0.25, 0.3) is 0 Å². The van der Waals surface area contributed by atoms with Gasteiger partial charge in [-0.15, -0.1) is 0 Å². The molecule has 0 saturated carbocycles. The average Bonchev–Trinajstić information content (AvgIpc) is 3.16. The predicted molar refractivity (Wildman–Crippen MR) is 99.9 cm³/mol. The summed E-state index contributed by atoms with van der Waals surface area (Å²) in [6.07, 6.45) is 5.33. The third kappa shape index (κ3) is 3.25. The van der Waals surface area contributed by atoms with Gasteiger partial charge < -0.3 is 19.7 Å². The van der Waals surface area contributed by atoms with Crippen molar-refractivity contribution in [3.8, 4) is 0 Å². The number of imidazole rings is 1. The largest absolute Gasteiger partial charge is 0.351 e.